The quantitative estimate of drug-likeness (QED) is 0.787. The molecule has 1 heterocycles. The molecule has 0 spiro atoms. The summed E-state index contributed by atoms with van der Waals surface area (Å²) in [5.74, 6) is -0.828. The van der Waals surface area contributed by atoms with E-state index >= 15 is 0 Å². The Labute approximate surface area is 101 Å². The van der Waals surface area contributed by atoms with Gasteiger partial charge in [-0.3, -0.25) is 4.79 Å². The van der Waals surface area contributed by atoms with E-state index in [9.17, 15) is 9.59 Å². The second-order valence-electron chi connectivity index (χ2n) is 4.32. The molecule has 0 radical (unpaired) electrons. The van der Waals surface area contributed by atoms with Crippen molar-refractivity contribution in [1.29, 1.82) is 0 Å². The van der Waals surface area contributed by atoms with E-state index in [1.54, 1.807) is 16.8 Å². The molecule has 0 aliphatic carbocycles. The van der Waals surface area contributed by atoms with Gasteiger partial charge in [-0.15, -0.1) is 0 Å². The Hall–Kier alpha value is -1.30. The molecule has 1 atom stereocenters. The molecule has 0 aromatic carbocycles. The first-order valence-electron chi connectivity index (χ1n) is 5.83. The van der Waals surface area contributed by atoms with E-state index in [0.29, 0.717) is 32.7 Å². The van der Waals surface area contributed by atoms with Gasteiger partial charge in [-0.1, -0.05) is 0 Å². The summed E-state index contributed by atoms with van der Waals surface area (Å²) >= 11 is 0. The Kier molecular flexibility index (Phi) is 5.21. The van der Waals surface area contributed by atoms with Crippen LogP contribution in [0.2, 0.25) is 0 Å². The molecular weight excluding hydrogens is 224 g/mol. The van der Waals surface area contributed by atoms with Crippen molar-refractivity contribution in [2.45, 2.75) is 25.8 Å². The Morgan fingerprint density at radius 1 is 1.53 bits per heavy atom. The molecule has 1 aliphatic heterocycles. The fourth-order valence-corrected chi connectivity index (χ4v) is 1.79. The largest absolute Gasteiger partial charge is 0.481 e. The first-order chi connectivity index (χ1) is 8.02. The van der Waals surface area contributed by atoms with E-state index < -0.39 is 5.97 Å². The molecule has 6 heteroatoms. The zero-order chi connectivity index (χ0) is 12.8. The van der Waals surface area contributed by atoms with Crippen LogP contribution in [0.25, 0.3) is 0 Å². The van der Waals surface area contributed by atoms with Crippen LogP contribution in [0.1, 0.15) is 19.8 Å². The summed E-state index contributed by atoms with van der Waals surface area (Å²) in [5, 5.41) is 8.53. The van der Waals surface area contributed by atoms with Gasteiger partial charge >= 0.3 is 12.0 Å². The summed E-state index contributed by atoms with van der Waals surface area (Å²) in [7, 11) is 1.70. The highest BCUT2D eigenvalue weighted by molar-refractivity contribution is 5.74. The van der Waals surface area contributed by atoms with Gasteiger partial charge in [0.15, 0.2) is 0 Å². The molecule has 98 valence electrons. The van der Waals surface area contributed by atoms with Crippen LogP contribution >= 0.6 is 0 Å². The molecule has 1 N–H and O–H groups in total. The molecular formula is C11H20N2O4. The Bertz CT molecular complexity index is 283. The minimum Gasteiger partial charge on any atom is -0.481 e. The lowest BCUT2D eigenvalue weighted by molar-refractivity contribution is -0.137. The lowest BCUT2D eigenvalue weighted by atomic mass is 10.2. The summed E-state index contributed by atoms with van der Waals surface area (Å²) in [4.78, 5) is 25.7. The molecule has 1 fully saturated rings. The minimum absolute atomic E-state index is 0.0498. The zero-order valence-electron chi connectivity index (χ0n) is 10.4. The van der Waals surface area contributed by atoms with Crippen molar-refractivity contribution in [1.82, 2.24) is 9.80 Å². The smallest absolute Gasteiger partial charge is 0.320 e. The lowest BCUT2D eigenvalue weighted by Crippen LogP contribution is -2.51. The molecule has 1 aliphatic rings. The number of rotatable bonds is 4. The molecule has 0 aromatic heterocycles. The third kappa shape index (κ3) is 4.22. The number of aliphatic carboxylic acids is 1. The highest BCUT2D eigenvalue weighted by atomic mass is 16.5. The van der Waals surface area contributed by atoms with E-state index in [2.05, 4.69) is 0 Å². The normalized spacial score (nSPS) is 20.1. The number of carboxylic acids is 1. The number of hydrogen-bond acceptors (Lipinski definition) is 3. The van der Waals surface area contributed by atoms with Crippen molar-refractivity contribution in [3.05, 3.63) is 0 Å². The van der Waals surface area contributed by atoms with Gasteiger partial charge in [0, 0.05) is 26.6 Å². The lowest BCUT2D eigenvalue weighted by Gasteiger charge is -2.36. The van der Waals surface area contributed by atoms with Crippen molar-refractivity contribution < 1.29 is 19.4 Å². The van der Waals surface area contributed by atoms with Gasteiger partial charge in [-0.2, -0.15) is 0 Å². The number of amides is 2. The number of nitrogens with zero attached hydrogens (tertiary/aromatic N) is 2. The highest BCUT2D eigenvalue weighted by Gasteiger charge is 2.25. The maximum atomic E-state index is 12.0. The fourth-order valence-electron chi connectivity index (χ4n) is 1.79. The van der Waals surface area contributed by atoms with Crippen LogP contribution in [-0.4, -0.2) is 66.3 Å². The molecule has 1 unspecified atom stereocenters. The summed E-state index contributed by atoms with van der Waals surface area (Å²) < 4.78 is 5.26. The van der Waals surface area contributed by atoms with Crippen LogP contribution in [0.5, 0.6) is 0 Å². The van der Waals surface area contributed by atoms with Crippen LogP contribution in [0.4, 0.5) is 4.79 Å². The van der Waals surface area contributed by atoms with Gasteiger partial charge in [0.25, 0.3) is 0 Å². The average Bonchev–Trinajstić information content (AvgIpc) is 2.28. The van der Waals surface area contributed by atoms with Crippen molar-refractivity contribution in [2.75, 3.05) is 33.4 Å². The van der Waals surface area contributed by atoms with E-state index in [0.717, 1.165) is 0 Å². The zero-order valence-corrected chi connectivity index (χ0v) is 10.4. The first-order valence-corrected chi connectivity index (χ1v) is 5.83. The first kappa shape index (κ1) is 13.8. The van der Waals surface area contributed by atoms with E-state index in [-0.39, 0.29) is 18.5 Å². The SMILES string of the molecule is CC1COCCN1C(=O)N(C)CCCC(=O)O. The van der Waals surface area contributed by atoms with Gasteiger partial charge in [-0.25, -0.2) is 4.79 Å². The number of morpholine rings is 1. The molecule has 0 aromatic rings. The van der Waals surface area contributed by atoms with Gasteiger partial charge < -0.3 is 19.6 Å². The number of carboxylic acid groups (broad SMARTS) is 1. The van der Waals surface area contributed by atoms with Crippen molar-refractivity contribution in [3.63, 3.8) is 0 Å². The average molecular weight is 244 g/mol. The number of ether oxygens (including phenoxy) is 1. The van der Waals surface area contributed by atoms with Crippen molar-refractivity contribution in [2.24, 2.45) is 0 Å². The van der Waals surface area contributed by atoms with Gasteiger partial charge in [-0.05, 0) is 13.3 Å². The standard InChI is InChI=1S/C11H20N2O4/c1-9-8-17-7-6-13(9)11(16)12(2)5-3-4-10(14)15/h9H,3-8H2,1-2H3,(H,14,15). The summed E-state index contributed by atoms with van der Waals surface area (Å²) in [5.41, 5.74) is 0. The topological polar surface area (TPSA) is 70.1 Å². The Morgan fingerprint density at radius 2 is 2.24 bits per heavy atom. The predicted octanol–water partition coefficient (Wildman–Crippen LogP) is 0.624. The predicted molar refractivity (Wildman–Crippen MR) is 61.9 cm³/mol. The molecule has 1 saturated heterocycles. The summed E-state index contributed by atoms with van der Waals surface area (Å²) in [6.45, 7) is 4.15. The van der Waals surface area contributed by atoms with E-state index in [1.165, 1.54) is 0 Å². The Balaban J connectivity index is 2.37. The van der Waals surface area contributed by atoms with Crippen molar-refractivity contribution in [3.8, 4) is 0 Å². The highest BCUT2D eigenvalue weighted by Crippen LogP contribution is 2.09. The number of carbonyl (C=O) groups is 2. The van der Waals surface area contributed by atoms with Crippen LogP contribution < -0.4 is 0 Å². The molecule has 2 amide bonds. The van der Waals surface area contributed by atoms with Gasteiger partial charge in [0.05, 0.1) is 19.3 Å². The van der Waals surface area contributed by atoms with Gasteiger partial charge in [0.2, 0.25) is 0 Å². The van der Waals surface area contributed by atoms with Crippen LogP contribution in [0, 0.1) is 0 Å². The van der Waals surface area contributed by atoms with Gasteiger partial charge in [0.1, 0.15) is 0 Å². The summed E-state index contributed by atoms with van der Waals surface area (Å²) in [6, 6.07) is 0.0318. The van der Waals surface area contributed by atoms with Crippen molar-refractivity contribution >= 4 is 12.0 Å². The third-order valence-electron chi connectivity index (χ3n) is 2.82. The molecule has 1 rings (SSSR count). The number of hydrogen-bond donors (Lipinski definition) is 1. The second-order valence-corrected chi connectivity index (χ2v) is 4.32. The van der Waals surface area contributed by atoms with Crippen LogP contribution in [0.15, 0.2) is 0 Å². The number of urea groups is 1. The van der Waals surface area contributed by atoms with E-state index in [1.807, 2.05) is 6.92 Å². The molecule has 0 saturated carbocycles. The van der Waals surface area contributed by atoms with Crippen LogP contribution in [0.3, 0.4) is 0 Å². The summed E-state index contributed by atoms with van der Waals surface area (Å²) in [6.07, 6.45) is 0.576. The van der Waals surface area contributed by atoms with E-state index in [4.69, 9.17) is 9.84 Å². The minimum atomic E-state index is -0.828. The maximum Gasteiger partial charge on any atom is 0.320 e. The Morgan fingerprint density at radius 3 is 2.82 bits per heavy atom. The fraction of sp³-hybridized carbons (Fsp3) is 0.818. The maximum absolute atomic E-state index is 12.0. The second kappa shape index (κ2) is 6.44. The molecule has 6 nitrogen and oxygen atoms in total. The van der Waals surface area contributed by atoms with Crippen LogP contribution in [-0.2, 0) is 9.53 Å². The molecule has 17 heavy (non-hydrogen) atoms. The molecule has 0 bridgehead atoms. The number of carbonyl (C=O) groups excluding carboxylic acids is 1. The third-order valence-corrected chi connectivity index (χ3v) is 2.82. The monoisotopic (exact) mass is 244 g/mol.